The van der Waals surface area contributed by atoms with Crippen LogP contribution in [0.2, 0.25) is 0 Å². The molecule has 0 radical (unpaired) electrons. The van der Waals surface area contributed by atoms with Crippen LogP contribution >= 0.6 is 0 Å². The number of anilines is 2. The Morgan fingerprint density at radius 3 is 2.05 bits per heavy atom. The summed E-state index contributed by atoms with van der Waals surface area (Å²) in [7, 11) is 0. The largest absolute Gasteiger partial charge is 0.380 e. The smallest absolute Gasteiger partial charge is 0.0462 e. The van der Waals surface area contributed by atoms with E-state index in [1.807, 2.05) is 0 Å². The molecule has 1 saturated carbocycles. The highest BCUT2D eigenvalue weighted by Gasteiger charge is 2.24. The third kappa shape index (κ3) is 3.78. The summed E-state index contributed by atoms with van der Waals surface area (Å²) in [5.74, 6) is 0. The van der Waals surface area contributed by atoms with Gasteiger partial charge in [-0.1, -0.05) is 43.2 Å². The Bertz CT molecular complexity index is 565. The van der Waals surface area contributed by atoms with Gasteiger partial charge in [-0.3, -0.25) is 0 Å². The van der Waals surface area contributed by atoms with Gasteiger partial charge in [-0.15, -0.1) is 0 Å². The van der Waals surface area contributed by atoms with E-state index in [0.29, 0.717) is 12.1 Å². The fourth-order valence-corrected chi connectivity index (χ4v) is 3.17. The van der Waals surface area contributed by atoms with E-state index in [9.17, 15) is 0 Å². The number of hydrogen-bond acceptors (Lipinski definition) is 2. The SMILES string of the molecule is Cc1cccc(N[C@H]2CCCC[C@@H]2Nc2ccccc2)c1. The lowest BCUT2D eigenvalue weighted by Gasteiger charge is -2.34. The second-order valence-electron chi connectivity index (χ2n) is 6.02. The van der Waals surface area contributed by atoms with Crippen LogP contribution in [0.25, 0.3) is 0 Å². The van der Waals surface area contributed by atoms with Gasteiger partial charge in [-0.25, -0.2) is 0 Å². The summed E-state index contributed by atoms with van der Waals surface area (Å²) in [6.45, 7) is 2.14. The summed E-state index contributed by atoms with van der Waals surface area (Å²) in [5.41, 5.74) is 3.77. The molecule has 1 fully saturated rings. The van der Waals surface area contributed by atoms with Crippen molar-refractivity contribution in [3.63, 3.8) is 0 Å². The molecule has 2 aromatic carbocycles. The van der Waals surface area contributed by atoms with Crippen molar-refractivity contribution in [3.05, 3.63) is 60.2 Å². The third-order valence-corrected chi connectivity index (χ3v) is 4.26. The second-order valence-corrected chi connectivity index (χ2v) is 6.02. The molecule has 1 aliphatic carbocycles. The first-order valence-electron chi connectivity index (χ1n) is 7.96. The molecule has 0 spiro atoms. The van der Waals surface area contributed by atoms with E-state index >= 15 is 0 Å². The fraction of sp³-hybridized carbons (Fsp3) is 0.368. The van der Waals surface area contributed by atoms with Crippen LogP contribution in [0.4, 0.5) is 11.4 Å². The molecule has 0 bridgehead atoms. The first-order valence-corrected chi connectivity index (χ1v) is 7.96. The predicted molar refractivity (Wildman–Crippen MR) is 90.9 cm³/mol. The highest BCUT2D eigenvalue weighted by atomic mass is 15.0. The summed E-state index contributed by atoms with van der Waals surface area (Å²) < 4.78 is 0. The molecule has 0 amide bonds. The molecule has 0 aromatic heterocycles. The quantitative estimate of drug-likeness (QED) is 0.838. The average molecular weight is 280 g/mol. The van der Waals surface area contributed by atoms with Gasteiger partial charge in [0.1, 0.15) is 0 Å². The Labute approximate surface area is 127 Å². The number of rotatable bonds is 4. The van der Waals surface area contributed by atoms with E-state index in [1.54, 1.807) is 0 Å². The molecule has 2 nitrogen and oxygen atoms in total. The molecule has 0 unspecified atom stereocenters. The molecule has 21 heavy (non-hydrogen) atoms. The molecular weight excluding hydrogens is 256 g/mol. The zero-order valence-electron chi connectivity index (χ0n) is 12.7. The minimum atomic E-state index is 0.501. The summed E-state index contributed by atoms with van der Waals surface area (Å²) in [4.78, 5) is 0. The van der Waals surface area contributed by atoms with Gasteiger partial charge in [0.15, 0.2) is 0 Å². The van der Waals surface area contributed by atoms with Gasteiger partial charge in [0.25, 0.3) is 0 Å². The summed E-state index contributed by atoms with van der Waals surface area (Å²) in [6.07, 6.45) is 5.10. The molecular formula is C19H24N2. The van der Waals surface area contributed by atoms with Crippen LogP contribution in [-0.2, 0) is 0 Å². The molecule has 2 atom stereocenters. The van der Waals surface area contributed by atoms with Crippen molar-refractivity contribution in [1.29, 1.82) is 0 Å². The van der Waals surface area contributed by atoms with Crippen LogP contribution in [0.15, 0.2) is 54.6 Å². The molecule has 2 N–H and O–H groups in total. The highest BCUT2D eigenvalue weighted by molar-refractivity contribution is 5.49. The lowest BCUT2D eigenvalue weighted by Crippen LogP contribution is -2.41. The number of benzene rings is 2. The normalized spacial score (nSPS) is 21.8. The fourth-order valence-electron chi connectivity index (χ4n) is 3.17. The van der Waals surface area contributed by atoms with Gasteiger partial charge < -0.3 is 10.6 Å². The molecule has 0 saturated heterocycles. The topological polar surface area (TPSA) is 24.1 Å². The predicted octanol–water partition coefficient (Wildman–Crippen LogP) is 4.83. The number of aryl methyl sites for hydroxylation is 1. The summed E-state index contributed by atoms with van der Waals surface area (Å²) in [5, 5.41) is 7.43. The van der Waals surface area contributed by atoms with Crippen LogP contribution in [0, 0.1) is 6.92 Å². The first kappa shape index (κ1) is 14.0. The van der Waals surface area contributed by atoms with Crippen molar-refractivity contribution in [1.82, 2.24) is 0 Å². The Morgan fingerprint density at radius 1 is 0.762 bits per heavy atom. The van der Waals surface area contributed by atoms with Crippen LogP contribution in [0.3, 0.4) is 0 Å². The molecule has 2 heteroatoms. The van der Waals surface area contributed by atoms with Crippen molar-refractivity contribution in [2.75, 3.05) is 10.6 Å². The molecule has 2 aromatic rings. The van der Waals surface area contributed by atoms with E-state index in [4.69, 9.17) is 0 Å². The Morgan fingerprint density at radius 2 is 1.38 bits per heavy atom. The zero-order valence-corrected chi connectivity index (χ0v) is 12.7. The standard InChI is InChI=1S/C19H24N2/c1-15-8-7-11-17(14-15)21-19-13-6-5-12-18(19)20-16-9-3-2-4-10-16/h2-4,7-11,14,18-21H,5-6,12-13H2,1H3/t18-,19-/m0/s1. The van der Waals surface area contributed by atoms with Gasteiger partial charge in [-0.05, 0) is 49.6 Å². The maximum Gasteiger partial charge on any atom is 0.0462 e. The first-order chi connectivity index (χ1) is 10.3. The lowest BCUT2D eigenvalue weighted by molar-refractivity contribution is 0.424. The van der Waals surface area contributed by atoms with Crippen LogP contribution in [0.1, 0.15) is 31.2 Å². The second kappa shape index (κ2) is 6.66. The molecule has 110 valence electrons. The van der Waals surface area contributed by atoms with Crippen molar-refractivity contribution in [2.24, 2.45) is 0 Å². The maximum absolute atomic E-state index is 3.73. The number of hydrogen-bond donors (Lipinski definition) is 2. The van der Waals surface area contributed by atoms with Crippen molar-refractivity contribution in [3.8, 4) is 0 Å². The highest BCUT2D eigenvalue weighted by Crippen LogP contribution is 2.25. The van der Waals surface area contributed by atoms with Crippen molar-refractivity contribution < 1.29 is 0 Å². The minimum absolute atomic E-state index is 0.501. The Hall–Kier alpha value is -1.96. The third-order valence-electron chi connectivity index (χ3n) is 4.26. The van der Waals surface area contributed by atoms with E-state index < -0.39 is 0 Å². The zero-order chi connectivity index (χ0) is 14.5. The van der Waals surface area contributed by atoms with E-state index in [2.05, 4.69) is 72.2 Å². The van der Waals surface area contributed by atoms with E-state index in [1.165, 1.54) is 42.6 Å². The van der Waals surface area contributed by atoms with Gasteiger partial charge in [0.2, 0.25) is 0 Å². The molecule has 1 aliphatic rings. The van der Waals surface area contributed by atoms with Crippen LogP contribution < -0.4 is 10.6 Å². The minimum Gasteiger partial charge on any atom is -0.380 e. The molecule has 0 heterocycles. The maximum atomic E-state index is 3.73. The number of nitrogens with one attached hydrogen (secondary N) is 2. The van der Waals surface area contributed by atoms with E-state index in [0.717, 1.165) is 0 Å². The Balaban J connectivity index is 1.69. The summed E-state index contributed by atoms with van der Waals surface area (Å²) >= 11 is 0. The monoisotopic (exact) mass is 280 g/mol. The lowest BCUT2D eigenvalue weighted by atomic mass is 9.89. The van der Waals surface area contributed by atoms with Crippen LogP contribution in [-0.4, -0.2) is 12.1 Å². The average Bonchev–Trinajstić information content (AvgIpc) is 2.50. The van der Waals surface area contributed by atoms with E-state index in [-0.39, 0.29) is 0 Å². The van der Waals surface area contributed by atoms with Crippen molar-refractivity contribution in [2.45, 2.75) is 44.7 Å². The van der Waals surface area contributed by atoms with Gasteiger partial charge in [0.05, 0.1) is 0 Å². The van der Waals surface area contributed by atoms with Gasteiger partial charge in [0, 0.05) is 23.5 Å². The van der Waals surface area contributed by atoms with Crippen LogP contribution in [0.5, 0.6) is 0 Å². The van der Waals surface area contributed by atoms with Gasteiger partial charge in [-0.2, -0.15) is 0 Å². The van der Waals surface area contributed by atoms with Crippen molar-refractivity contribution >= 4 is 11.4 Å². The molecule has 3 rings (SSSR count). The van der Waals surface area contributed by atoms with Gasteiger partial charge >= 0.3 is 0 Å². The molecule has 0 aliphatic heterocycles. The Kier molecular flexibility index (Phi) is 4.44. The summed E-state index contributed by atoms with van der Waals surface area (Å²) in [6, 6.07) is 20.2. The number of para-hydroxylation sites is 1.